The van der Waals surface area contributed by atoms with Crippen LogP contribution in [-0.2, 0) is 17.7 Å². The number of aromatic amines is 1. The number of anilines is 2. The molecule has 7 rings (SSSR count). The standard InChI is InChI=1S/C33H29N5O3/c39-33-29(8-4-13-36-33)38-15-16-40-31(21-38)27-6-3-5-23-17-24-19-25(9-10-30(24)41-32(23)27)37-20-26-18-22(11-14-34-26)28-7-1-2-12-35-28/h1-14,18-19,31,37H,15-17,20-21H2,(H,36,39). The van der Waals surface area contributed by atoms with E-state index >= 15 is 0 Å². The number of ether oxygens (including phenoxy) is 2. The molecule has 0 bridgehead atoms. The topological polar surface area (TPSA) is 92.4 Å². The van der Waals surface area contributed by atoms with Crippen LogP contribution in [0.3, 0.4) is 0 Å². The van der Waals surface area contributed by atoms with Crippen molar-refractivity contribution < 1.29 is 9.47 Å². The van der Waals surface area contributed by atoms with E-state index in [1.54, 1.807) is 12.4 Å². The van der Waals surface area contributed by atoms with Crippen LogP contribution >= 0.6 is 0 Å². The van der Waals surface area contributed by atoms with Crippen molar-refractivity contribution in [3.05, 3.63) is 130 Å². The van der Waals surface area contributed by atoms with Crippen molar-refractivity contribution in [3.8, 4) is 22.8 Å². The summed E-state index contributed by atoms with van der Waals surface area (Å²) in [4.78, 5) is 26.2. The Kier molecular flexibility index (Phi) is 6.66. The second kappa shape index (κ2) is 10.9. The van der Waals surface area contributed by atoms with Gasteiger partial charge in [0.15, 0.2) is 0 Å². The van der Waals surface area contributed by atoms with Crippen LogP contribution < -0.4 is 20.5 Å². The molecule has 2 N–H and O–H groups in total. The Morgan fingerprint density at radius 3 is 2.83 bits per heavy atom. The Bertz CT molecular complexity index is 1750. The monoisotopic (exact) mass is 543 g/mol. The largest absolute Gasteiger partial charge is 0.456 e. The minimum Gasteiger partial charge on any atom is -0.456 e. The maximum absolute atomic E-state index is 12.4. The van der Waals surface area contributed by atoms with Crippen LogP contribution in [0.5, 0.6) is 11.5 Å². The number of fused-ring (bicyclic) bond motifs is 2. The average molecular weight is 544 g/mol. The molecule has 8 nitrogen and oxygen atoms in total. The van der Waals surface area contributed by atoms with Crippen LogP contribution in [0.4, 0.5) is 11.4 Å². The summed E-state index contributed by atoms with van der Waals surface area (Å²) in [6.45, 7) is 2.38. The molecule has 0 aliphatic carbocycles. The summed E-state index contributed by atoms with van der Waals surface area (Å²) in [5.74, 6) is 1.70. The van der Waals surface area contributed by atoms with E-state index in [-0.39, 0.29) is 11.7 Å². The Hall–Kier alpha value is -4.95. The number of pyridine rings is 3. The zero-order valence-electron chi connectivity index (χ0n) is 22.4. The van der Waals surface area contributed by atoms with Crippen LogP contribution in [0, 0.1) is 0 Å². The third kappa shape index (κ3) is 5.17. The first-order valence-electron chi connectivity index (χ1n) is 13.8. The Labute approximate surface area is 237 Å². The zero-order chi connectivity index (χ0) is 27.6. The van der Waals surface area contributed by atoms with Gasteiger partial charge in [0.2, 0.25) is 0 Å². The lowest BCUT2D eigenvalue weighted by Gasteiger charge is -2.35. The van der Waals surface area contributed by atoms with Crippen molar-refractivity contribution in [2.24, 2.45) is 0 Å². The number of nitrogens with zero attached hydrogens (tertiary/aromatic N) is 3. The summed E-state index contributed by atoms with van der Waals surface area (Å²) in [6.07, 6.45) is 5.84. The molecule has 2 aromatic carbocycles. The van der Waals surface area contributed by atoms with Gasteiger partial charge in [-0.3, -0.25) is 14.8 Å². The minimum atomic E-state index is -0.199. The molecule has 1 unspecified atom stereocenters. The lowest BCUT2D eigenvalue weighted by Crippen LogP contribution is -2.41. The van der Waals surface area contributed by atoms with Crippen molar-refractivity contribution >= 4 is 11.4 Å². The van der Waals surface area contributed by atoms with Gasteiger partial charge in [-0.1, -0.05) is 24.3 Å². The van der Waals surface area contributed by atoms with Gasteiger partial charge in [-0.25, -0.2) is 0 Å². The Morgan fingerprint density at radius 1 is 0.951 bits per heavy atom. The number of benzene rings is 2. The number of aromatic nitrogens is 3. The van der Waals surface area contributed by atoms with E-state index in [0.29, 0.717) is 31.9 Å². The fraction of sp³-hybridized carbons (Fsp3) is 0.182. The molecule has 3 aromatic heterocycles. The molecular formula is C33H29N5O3. The molecule has 2 aliphatic rings. The smallest absolute Gasteiger partial charge is 0.271 e. The molecule has 0 saturated carbocycles. The first-order valence-corrected chi connectivity index (χ1v) is 13.8. The number of hydrogen-bond acceptors (Lipinski definition) is 7. The highest BCUT2D eigenvalue weighted by atomic mass is 16.5. The molecule has 0 spiro atoms. The third-order valence-corrected chi connectivity index (χ3v) is 7.58. The molecule has 0 amide bonds. The van der Waals surface area contributed by atoms with Gasteiger partial charge >= 0.3 is 0 Å². The van der Waals surface area contributed by atoms with Crippen molar-refractivity contribution in [3.63, 3.8) is 0 Å². The molecule has 1 atom stereocenters. The molecule has 1 saturated heterocycles. The molecule has 1 fully saturated rings. The summed E-state index contributed by atoms with van der Waals surface area (Å²) in [5, 5.41) is 3.51. The van der Waals surface area contributed by atoms with Crippen molar-refractivity contribution in [2.75, 3.05) is 29.9 Å². The highest BCUT2D eigenvalue weighted by molar-refractivity contribution is 5.61. The first kappa shape index (κ1) is 25.0. The van der Waals surface area contributed by atoms with Gasteiger partial charge in [-0.2, -0.15) is 0 Å². The fourth-order valence-corrected chi connectivity index (χ4v) is 5.54. The molecule has 2 aliphatic heterocycles. The number of nitrogens with one attached hydrogen (secondary N) is 2. The van der Waals surface area contributed by atoms with Gasteiger partial charge in [-0.05, 0) is 60.2 Å². The number of morpholine rings is 1. The van der Waals surface area contributed by atoms with Gasteiger partial charge in [0, 0.05) is 60.5 Å². The quantitative estimate of drug-likeness (QED) is 0.278. The van der Waals surface area contributed by atoms with Gasteiger partial charge in [0.05, 0.1) is 24.5 Å². The van der Waals surface area contributed by atoms with E-state index in [2.05, 4.69) is 55.5 Å². The lowest BCUT2D eigenvalue weighted by molar-refractivity contribution is 0.0383. The van der Waals surface area contributed by atoms with Crippen molar-refractivity contribution in [2.45, 2.75) is 19.1 Å². The predicted molar refractivity (Wildman–Crippen MR) is 159 cm³/mol. The number of rotatable bonds is 6. The average Bonchev–Trinajstić information content (AvgIpc) is 3.03. The fourth-order valence-electron chi connectivity index (χ4n) is 5.54. The minimum absolute atomic E-state index is 0.0884. The van der Waals surface area contributed by atoms with Crippen molar-refractivity contribution in [1.29, 1.82) is 0 Å². The van der Waals surface area contributed by atoms with E-state index in [1.165, 1.54) is 0 Å². The van der Waals surface area contributed by atoms with Gasteiger partial charge in [0.1, 0.15) is 23.3 Å². The molecule has 204 valence electrons. The molecule has 8 heteroatoms. The molecular weight excluding hydrogens is 514 g/mol. The van der Waals surface area contributed by atoms with Crippen LogP contribution in [-0.4, -0.2) is 34.6 Å². The van der Waals surface area contributed by atoms with E-state index < -0.39 is 0 Å². The molecule has 41 heavy (non-hydrogen) atoms. The molecule has 5 heterocycles. The van der Waals surface area contributed by atoms with E-state index in [9.17, 15) is 4.79 Å². The number of hydrogen-bond donors (Lipinski definition) is 2. The Morgan fingerprint density at radius 2 is 1.93 bits per heavy atom. The summed E-state index contributed by atoms with van der Waals surface area (Å²) in [5.41, 5.74) is 7.75. The van der Waals surface area contributed by atoms with Crippen LogP contribution in [0.15, 0.2) is 102 Å². The van der Waals surface area contributed by atoms with Crippen LogP contribution in [0.25, 0.3) is 11.3 Å². The number of para-hydroxylation sites is 1. The maximum Gasteiger partial charge on any atom is 0.271 e. The normalized spacial score (nSPS) is 15.9. The number of H-pyrrole nitrogens is 1. The highest BCUT2D eigenvalue weighted by Gasteiger charge is 2.29. The van der Waals surface area contributed by atoms with E-state index in [4.69, 9.17) is 9.47 Å². The van der Waals surface area contributed by atoms with E-state index in [0.717, 1.165) is 57.2 Å². The summed E-state index contributed by atoms with van der Waals surface area (Å²) in [6, 6.07) is 26.1. The van der Waals surface area contributed by atoms with E-state index in [1.807, 2.05) is 54.7 Å². The lowest BCUT2D eigenvalue weighted by atomic mass is 9.95. The SMILES string of the molecule is O=c1[nH]cccc1N1CCOC(c2cccc3c2Oc2ccc(NCc4cc(-c5ccccn5)ccn4)cc2C3)C1. The van der Waals surface area contributed by atoms with Crippen molar-refractivity contribution in [1.82, 2.24) is 15.0 Å². The van der Waals surface area contributed by atoms with Crippen LogP contribution in [0.1, 0.15) is 28.5 Å². The first-order chi connectivity index (χ1) is 20.2. The highest BCUT2D eigenvalue weighted by Crippen LogP contribution is 2.43. The summed E-state index contributed by atoms with van der Waals surface area (Å²) in [7, 11) is 0. The second-order valence-corrected chi connectivity index (χ2v) is 10.2. The third-order valence-electron chi connectivity index (χ3n) is 7.58. The Balaban J connectivity index is 1.07. The molecule has 0 radical (unpaired) electrons. The predicted octanol–water partition coefficient (Wildman–Crippen LogP) is 5.72. The summed E-state index contributed by atoms with van der Waals surface area (Å²) >= 11 is 0. The summed E-state index contributed by atoms with van der Waals surface area (Å²) < 4.78 is 12.7. The van der Waals surface area contributed by atoms with Crippen LogP contribution in [0.2, 0.25) is 0 Å². The zero-order valence-corrected chi connectivity index (χ0v) is 22.4. The second-order valence-electron chi connectivity index (χ2n) is 10.2. The van der Waals surface area contributed by atoms with Gasteiger partial charge in [0.25, 0.3) is 5.56 Å². The van der Waals surface area contributed by atoms with Gasteiger partial charge < -0.3 is 24.7 Å². The molecule has 5 aromatic rings. The van der Waals surface area contributed by atoms with Gasteiger partial charge in [-0.15, -0.1) is 0 Å². The maximum atomic E-state index is 12.4.